The number of H-pyrrole nitrogens is 1. The minimum Gasteiger partial charge on any atom is -0.322 e. The van der Waals surface area contributed by atoms with Gasteiger partial charge in [0.2, 0.25) is 5.03 Å². The second kappa shape index (κ2) is 8.07. The molecule has 28 heavy (non-hydrogen) atoms. The van der Waals surface area contributed by atoms with Crippen molar-refractivity contribution in [2.45, 2.75) is 23.8 Å². The molecule has 3 N–H and O–H groups in total. The summed E-state index contributed by atoms with van der Waals surface area (Å²) in [5.41, 5.74) is 2.32. The molecule has 9 heteroatoms. The Morgan fingerprint density at radius 2 is 1.79 bits per heavy atom. The van der Waals surface area contributed by atoms with E-state index < -0.39 is 15.9 Å². The van der Waals surface area contributed by atoms with Gasteiger partial charge in [0, 0.05) is 22.0 Å². The van der Waals surface area contributed by atoms with Crippen LogP contribution in [0.15, 0.2) is 58.5 Å². The minimum absolute atomic E-state index is 0.0193. The number of carbonyl (C=O) groups excluding carboxylic acids is 1. The van der Waals surface area contributed by atoms with Crippen molar-refractivity contribution in [3.63, 3.8) is 0 Å². The van der Waals surface area contributed by atoms with E-state index in [2.05, 4.69) is 20.2 Å². The Morgan fingerprint density at radius 3 is 2.46 bits per heavy atom. The third kappa shape index (κ3) is 4.37. The van der Waals surface area contributed by atoms with Gasteiger partial charge in [-0.15, -0.1) is 11.8 Å². The monoisotopic (exact) mass is 416 g/mol. The molecule has 7 nitrogen and oxygen atoms in total. The maximum atomic E-state index is 12.8. The fourth-order valence-corrected chi connectivity index (χ4v) is 4.27. The average molecular weight is 417 g/mol. The van der Waals surface area contributed by atoms with E-state index in [1.165, 1.54) is 0 Å². The SMILES string of the molecule is CSc1cccc(NC(=O)c2c(S(=O)(=O)Nc3ccc(C)cc3)n[nH]c2C)c1. The Balaban J connectivity index is 1.89. The van der Waals surface area contributed by atoms with Gasteiger partial charge in [-0.2, -0.15) is 13.5 Å². The summed E-state index contributed by atoms with van der Waals surface area (Å²) >= 11 is 1.54. The number of hydrogen-bond donors (Lipinski definition) is 3. The lowest BCUT2D eigenvalue weighted by Gasteiger charge is -2.10. The highest BCUT2D eigenvalue weighted by atomic mass is 32.2. The molecule has 2 aromatic carbocycles. The maximum Gasteiger partial charge on any atom is 0.282 e. The third-order valence-corrected chi connectivity index (χ3v) is 6.06. The molecule has 1 aromatic heterocycles. The second-order valence-corrected chi connectivity index (χ2v) is 8.66. The number of aromatic nitrogens is 2. The Morgan fingerprint density at radius 1 is 1.07 bits per heavy atom. The zero-order valence-corrected chi connectivity index (χ0v) is 17.2. The van der Waals surface area contributed by atoms with Crippen LogP contribution in [0, 0.1) is 13.8 Å². The smallest absolute Gasteiger partial charge is 0.282 e. The number of nitrogens with one attached hydrogen (secondary N) is 3. The number of aromatic amines is 1. The van der Waals surface area contributed by atoms with Crippen LogP contribution in [-0.4, -0.2) is 30.8 Å². The number of sulfonamides is 1. The molecule has 0 atom stereocenters. The number of benzene rings is 2. The summed E-state index contributed by atoms with van der Waals surface area (Å²) < 4.78 is 28.1. The Labute approximate surface area is 168 Å². The number of hydrogen-bond acceptors (Lipinski definition) is 5. The van der Waals surface area contributed by atoms with Crippen LogP contribution < -0.4 is 10.0 Å². The summed E-state index contributed by atoms with van der Waals surface area (Å²) in [4.78, 5) is 13.8. The molecule has 1 amide bonds. The van der Waals surface area contributed by atoms with E-state index in [0.29, 0.717) is 17.1 Å². The number of nitrogens with zero attached hydrogens (tertiary/aromatic N) is 1. The summed E-state index contributed by atoms with van der Waals surface area (Å²) in [5, 5.41) is 8.85. The summed E-state index contributed by atoms with van der Waals surface area (Å²) in [6, 6.07) is 14.2. The first-order valence-electron chi connectivity index (χ1n) is 8.40. The minimum atomic E-state index is -4.04. The van der Waals surface area contributed by atoms with E-state index in [1.807, 2.05) is 31.4 Å². The van der Waals surface area contributed by atoms with Crippen molar-refractivity contribution in [1.29, 1.82) is 0 Å². The van der Waals surface area contributed by atoms with Crippen molar-refractivity contribution in [2.24, 2.45) is 0 Å². The summed E-state index contributed by atoms with van der Waals surface area (Å²) in [5.74, 6) is -0.547. The Kier molecular flexibility index (Phi) is 5.76. The first-order chi connectivity index (χ1) is 13.3. The number of thioether (sulfide) groups is 1. The Hall–Kier alpha value is -2.78. The average Bonchev–Trinajstić information content (AvgIpc) is 3.06. The highest BCUT2D eigenvalue weighted by Gasteiger charge is 2.28. The molecule has 146 valence electrons. The molecule has 0 spiro atoms. The maximum absolute atomic E-state index is 12.8. The van der Waals surface area contributed by atoms with Crippen LogP contribution in [0.3, 0.4) is 0 Å². The number of rotatable bonds is 6. The van der Waals surface area contributed by atoms with Crippen LogP contribution in [0.4, 0.5) is 11.4 Å². The van der Waals surface area contributed by atoms with Crippen LogP contribution in [0.1, 0.15) is 21.6 Å². The summed E-state index contributed by atoms with van der Waals surface area (Å²) in [6.45, 7) is 3.51. The van der Waals surface area contributed by atoms with E-state index in [0.717, 1.165) is 10.5 Å². The van der Waals surface area contributed by atoms with Gasteiger partial charge in [0.25, 0.3) is 15.9 Å². The Bertz CT molecular complexity index is 1110. The van der Waals surface area contributed by atoms with Crippen molar-refractivity contribution in [3.05, 3.63) is 65.4 Å². The molecule has 0 radical (unpaired) electrons. The lowest BCUT2D eigenvalue weighted by molar-refractivity contribution is 0.102. The highest BCUT2D eigenvalue weighted by Crippen LogP contribution is 2.23. The third-order valence-electron chi connectivity index (χ3n) is 4.03. The number of carbonyl (C=O) groups is 1. The number of amides is 1. The van der Waals surface area contributed by atoms with Crippen molar-refractivity contribution >= 4 is 39.1 Å². The van der Waals surface area contributed by atoms with Gasteiger partial charge in [-0.1, -0.05) is 23.8 Å². The molecular formula is C19H20N4O3S2. The van der Waals surface area contributed by atoms with E-state index in [4.69, 9.17) is 0 Å². The molecule has 0 bridgehead atoms. The van der Waals surface area contributed by atoms with Crippen molar-refractivity contribution in [2.75, 3.05) is 16.3 Å². The molecule has 0 fully saturated rings. The standard InChI is InChI=1S/C19H20N4O3S2/c1-12-7-9-14(10-8-12)23-28(25,26)19-17(13(2)21-22-19)18(24)20-15-5-4-6-16(11-15)27-3/h4-11,23H,1-3H3,(H,20,24)(H,21,22). The number of anilines is 2. The highest BCUT2D eigenvalue weighted by molar-refractivity contribution is 7.98. The molecule has 0 saturated heterocycles. The van der Waals surface area contributed by atoms with Crippen LogP contribution in [0.25, 0.3) is 0 Å². The second-order valence-electron chi connectivity index (χ2n) is 6.19. The normalized spacial score (nSPS) is 11.2. The first kappa shape index (κ1) is 20.0. The summed E-state index contributed by atoms with van der Waals surface area (Å²) in [7, 11) is -4.04. The van der Waals surface area contributed by atoms with E-state index in [9.17, 15) is 13.2 Å². The topological polar surface area (TPSA) is 104 Å². The molecule has 0 aliphatic carbocycles. The van der Waals surface area contributed by atoms with E-state index in [-0.39, 0.29) is 10.6 Å². The van der Waals surface area contributed by atoms with Crippen LogP contribution in [0.2, 0.25) is 0 Å². The van der Waals surface area contributed by atoms with Gasteiger partial charge in [0.15, 0.2) is 0 Å². The van der Waals surface area contributed by atoms with Crippen molar-refractivity contribution < 1.29 is 13.2 Å². The molecule has 0 aliphatic heterocycles. The molecule has 0 aliphatic rings. The molecular weight excluding hydrogens is 396 g/mol. The fourth-order valence-electron chi connectivity index (χ4n) is 2.59. The van der Waals surface area contributed by atoms with Gasteiger partial charge >= 0.3 is 0 Å². The molecule has 3 rings (SSSR count). The molecule has 0 unspecified atom stereocenters. The first-order valence-corrected chi connectivity index (χ1v) is 11.1. The van der Waals surface area contributed by atoms with Gasteiger partial charge in [-0.3, -0.25) is 14.6 Å². The molecule has 3 aromatic rings. The molecule has 0 saturated carbocycles. The van der Waals surface area contributed by atoms with Gasteiger partial charge in [0.1, 0.15) is 5.56 Å². The largest absolute Gasteiger partial charge is 0.322 e. The predicted molar refractivity (Wildman–Crippen MR) is 111 cm³/mol. The van der Waals surface area contributed by atoms with Crippen LogP contribution >= 0.6 is 11.8 Å². The van der Waals surface area contributed by atoms with E-state index in [1.54, 1.807) is 49.0 Å². The van der Waals surface area contributed by atoms with Crippen molar-refractivity contribution in [3.8, 4) is 0 Å². The van der Waals surface area contributed by atoms with Crippen LogP contribution in [0.5, 0.6) is 0 Å². The lowest BCUT2D eigenvalue weighted by atomic mass is 10.2. The van der Waals surface area contributed by atoms with Gasteiger partial charge in [-0.25, -0.2) is 0 Å². The van der Waals surface area contributed by atoms with E-state index >= 15 is 0 Å². The zero-order chi connectivity index (χ0) is 20.3. The summed E-state index contributed by atoms with van der Waals surface area (Å²) in [6.07, 6.45) is 1.93. The molecule has 1 heterocycles. The van der Waals surface area contributed by atoms with Gasteiger partial charge < -0.3 is 5.32 Å². The van der Waals surface area contributed by atoms with Crippen molar-refractivity contribution in [1.82, 2.24) is 10.2 Å². The predicted octanol–water partition coefficient (Wildman–Crippen LogP) is 3.80. The zero-order valence-electron chi connectivity index (χ0n) is 15.6. The number of aryl methyl sites for hydroxylation is 2. The van der Waals surface area contributed by atoms with Gasteiger partial charge in [0.05, 0.1) is 0 Å². The fraction of sp³-hybridized carbons (Fsp3) is 0.158. The lowest BCUT2D eigenvalue weighted by Crippen LogP contribution is -2.20. The quantitative estimate of drug-likeness (QED) is 0.530. The van der Waals surface area contributed by atoms with Crippen LogP contribution in [-0.2, 0) is 10.0 Å². The van der Waals surface area contributed by atoms with Gasteiger partial charge in [-0.05, 0) is 50.4 Å².